The Morgan fingerprint density at radius 3 is 2.75 bits per heavy atom. The highest BCUT2D eigenvalue weighted by atomic mass is 16.5. The van der Waals surface area contributed by atoms with Gasteiger partial charge in [0, 0.05) is 19.2 Å². The number of hydrogen-bond acceptors (Lipinski definition) is 6. The van der Waals surface area contributed by atoms with Crippen LogP contribution in [0.15, 0.2) is 23.1 Å². The summed E-state index contributed by atoms with van der Waals surface area (Å²) in [7, 11) is 1.92. The lowest BCUT2D eigenvalue weighted by atomic mass is 10.2. The topological polar surface area (TPSA) is 77.4 Å². The van der Waals surface area contributed by atoms with E-state index in [0.717, 1.165) is 11.3 Å². The zero-order chi connectivity index (χ0) is 14.7. The maximum atomic E-state index is 6.08. The largest absolute Gasteiger partial charge is 0.473 e. The lowest BCUT2D eigenvalue weighted by molar-refractivity contribution is 0.234. The molecule has 2 N–H and O–H groups in total. The van der Waals surface area contributed by atoms with E-state index in [2.05, 4.69) is 9.97 Å². The molecule has 2 heterocycles. The van der Waals surface area contributed by atoms with Crippen LogP contribution in [0.3, 0.4) is 0 Å². The van der Waals surface area contributed by atoms with Crippen LogP contribution in [0.25, 0.3) is 0 Å². The molecule has 0 aliphatic carbocycles. The normalized spacial score (nSPS) is 10.8. The van der Waals surface area contributed by atoms with Gasteiger partial charge in [-0.05, 0) is 26.8 Å². The Morgan fingerprint density at radius 1 is 1.40 bits per heavy atom. The summed E-state index contributed by atoms with van der Waals surface area (Å²) in [6.07, 6.45) is 3.15. The van der Waals surface area contributed by atoms with Crippen molar-refractivity contribution in [2.75, 3.05) is 17.7 Å². The van der Waals surface area contributed by atoms with E-state index in [1.165, 1.54) is 6.33 Å². The Balaban J connectivity index is 2.21. The summed E-state index contributed by atoms with van der Waals surface area (Å²) in [6, 6.07) is 1.94. The molecule has 6 heteroatoms. The van der Waals surface area contributed by atoms with Crippen LogP contribution in [-0.2, 0) is 6.54 Å². The Labute approximate surface area is 118 Å². The molecule has 0 unspecified atom stereocenters. The van der Waals surface area contributed by atoms with E-state index < -0.39 is 0 Å². The lowest BCUT2D eigenvalue weighted by Gasteiger charge is -2.20. The van der Waals surface area contributed by atoms with Crippen molar-refractivity contribution in [1.82, 2.24) is 9.97 Å². The number of nitrogen functional groups attached to an aromatic ring is 1. The average molecular weight is 276 g/mol. The molecule has 0 saturated carbocycles. The molecule has 0 amide bonds. The fraction of sp³-hybridized carbons (Fsp3) is 0.429. The maximum Gasteiger partial charge on any atom is 0.242 e. The van der Waals surface area contributed by atoms with Crippen LogP contribution in [0, 0.1) is 6.92 Å². The zero-order valence-corrected chi connectivity index (χ0v) is 12.3. The highest BCUT2D eigenvalue weighted by molar-refractivity contribution is 5.67. The van der Waals surface area contributed by atoms with Crippen LogP contribution in [-0.4, -0.2) is 23.1 Å². The van der Waals surface area contributed by atoms with Gasteiger partial charge in [-0.2, -0.15) is 4.98 Å². The van der Waals surface area contributed by atoms with Gasteiger partial charge >= 0.3 is 0 Å². The summed E-state index contributed by atoms with van der Waals surface area (Å²) in [6.45, 7) is 6.45. The molecule has 20 heavy (non-hydrogen) atoms. The summed E-state index contributed by atoms with van der Waals surface area (Å²) >= 11 is 0. The van der Waals surface area contributed by atoms with Crippen LogP contribution < -0.4 is 15.4 Å². The van der Waals surface area contributed by atoms with Crippen LogP contribution in [0.1, 0.15) is 25.2 Å². The molecule has 0 radical (unpaired) electrons. The minimum absolute atomic E-state index is 0.0153. The number of furan rings is 1. The smallest absolute Gasteiger partial charge is 0.242 e. The molecule has 0 aromatic carbocycles. The highest BCUT2D eigenvalue weighted by Gasteiger charge is 2.15. The number of hydrogen-bond donors (Lipinski definition) is 1. The summed E-state index contributed by atoms with van der Waals surface area (Å²) in [4.78, 5) is 10.3. The van der Waals surface area contributed by atoms with Crippen molar-refractivity contribution in [2.24, 2.45) is 0 Å². The molecule has 0 spiro atoms. The average Bonchev–Trinajstić information content (AvgIpc) is 2.77. The first kappa shape index (κ1) is 14.2. The molecular weight excluding hydrogens is 256 g/mol. The van der Waals surface area contributed by atoms with E-state index in [1.54, 1.807) is 6.26 Å². The standard InChI is InChI=1S/C14H20N4O2/c1-9(2)20-14-12(15)13(16-8-17-14)18(4)7-11-5-6-19-10(11)3/h5-6,8-9H,7,15H2,1-4H3. The van der Waals surface area contributed by atoms with E-state index >= 15 is 0 Å². The second-order valence-corrected chi connectivity index (χ2v) is 4.94. The van der Waals surface area contributed by atoms with E-state index in [9.17, 15) is 0 Å². The van der Waals surface area contributed by atoms with Gasteiger partial charge in [-0.1, -0.05) is 0 Å². The molecular formula is C14H20N4O2. The second kappa shape index (κ2) is 5.81. The molecule has 0 aliphatic heterocycles. The van der Waals surface area contributed by atoms with Crippen LogP contribution >= 0.6 is 0 Å². The van der Waals surface area contributed by atoms with Gasteiger partial charge in [0.2, 0.25) is 5.88 Å². The Bertz CT molecular complexity index is 580. The Kier molecular flexibility index (Phi) is 4.12. The minimum Gasteiger partial charge on any atom is -0.473 e. The van der Waals surface area contributed by atoms with Gasteiger partial charge in [-0.25, -0.2) is 4.98 Å². The predicted molar refractivity (Wildman–Crippen MR) is 77.8 cm³/mol. The van der Waals surface area contributed by atoms with Crippen molar-refractivity contribution in [1.29, 1.82) is 0 Å². The number of rotatable bonds is 5. The summed E-state index contributed by atoms with van der Waals surface area (Å²) < 4.78 is 10.9. The molecule has 0 bridgehead atoms. The number of nitrogens with zero attached hydrogens (tertiary/aromatic N) is 3. The quantitative estimate of drug-likeness (QED) is 0.903. The van der Waals surface area contributed by atoms with Gasteiger partial charge in [0.15, 0.2) is 5.82 Å². The molecule has 6 nitrogen and oxygen atoms in total. The molecule has 0 saturated heterocycles. The van der Waals surface area contributed by atoms with Gasteiger partial charge < -0.3 is 19.8 Å². The molecule has 108 valence electrons. The number of ether oxygens (including phenoxy) is 1. The molecule has 0 fully saturated rings. The first-order chi connectivity index (χ1) is 9.49. The first-order valence-corrected chi connectivity index (χ1v) is 6.50. The van der Waals surface area contributed by atoms with Crippen LogP contribution in [0.4, 0.5) is 11.5 Å². The van der Waals surface area contributed by atoms with E-state index in [-0.39, 0.29) is 6.10 Å². The SMILES string of the molecule is Cc1occc1CN(C)c1ncnc(OC(C)C)c1N. The summed E-state index contributed by atoms with van der Waals surface area (Å²) in [5.41, 5.74) is 7.63. The van der Waals surface area contributed by atoms with Crippen molar-refractivity contribution in [3.63, 3.8) is 0 Å². The minimum atomic E-state index is 0.0153. The lowest BCUT2D eigenvalue weighted by Crippen LogP contribution is -2.20. The van der Waals surface area contributed by atoms with Crippen molar-refractivity contribution in [2.45, 2.75) is 33.4 Å². The van der Waals surface area contributed by atoms with Crippen molar-refractivity contribution < 1.29 is 9.15 Å². The number of aryl methyl sites for hydroxylation is 1. The van der Waals surface area contributed by atoms with Crippen molar-refractivity contribution >= 4 is 11.5 Å². The van der Waals surface area contributed by atoms with E-state index in [4.69, 9.17) is 14.9 Å². The second-order valence-electron chi connectivity index (χ2n) is 4.94. The van der Waals surface area contributed by atoms with Gasteiger partial charge in [-0.15, -0.1) is 0 Å². The third kappa shape index (κ3) is 3.01. The van der Waals surface area contributed by atoms with Gasteiger partial charge in [0.25, 0.3) is 0 Å². The third-order valence-electron chi connectivity index (χ3n) is 2.91. The third-order valence-corrected chi connectivity index (χ3v) is 2.91. The predicted octanol–water partition coefficient (Wildman–Crippen LogP) is 2.38. The molecule has 2 aromatic heterocycles. The number of aromatic nitrogens is 2. The van der Waals surface area contributed by atoms with Gasteiger partial charge in [0.05, 0.1) is 12.4 Å². The Morgan fingerprint density at radius 2 is 2.15 bits per heavy atom. The summed E-state index contributed by atoms with van der Waals surface area (Å²) in [5.74, 6) is 1.96. The highest BCUT2D eigenvalue weighted by Crippen LogP contribution is 2.29. The van der Waals surface area contributed by atoms with Gasteiger partial charge in [0.1, 0.15) is 17.8 Å². The molecule has 0 aliphatic rings. The monoisotopic (exact) mass is 276 g/mol. The number of nitrogens with two attached hydrogens (primary N) is 1. The van der Waals surface area contributed by atoms with Crippen molar-refractivity contribution in [3.8, 4) is 5.88 Å². The maximum absolute atomic E-state index is 6.08. The molecule has 2 rings (SSSR count). The first-order valence-electron chi connectivity index (χ1n) is 6.50. The van der Waals surface area contributed by atoms with Gasteiger partial charge in [-0.3, -0.25) is 0 Å². The Hall–Kier alpha value is -2.24. The fourth-order valence-electron chi connectivity index (χ4n) is 1.90. The van der Waals surface area contributed by atoms with Crippen LogP contribution in [0.2, 0.25) is 0 Å². The van der Waals surface area contributed by atoms with Crippen LogP contribution in [0.5, 0.6) is 5.88 Å². The van der Waals surface area contributed by atoms with E-state index in [1.807, 2.05) is 38.8 Å². The number of anilines is 2. The molecule has 2 aromatic rings. The molecule has 0 atom stereocenters. The van der Waals surface area contributed by atoms with Crippen molar-refractivity contribution in [3.05, 3.63) is 30.0 Å². The van der Waals surface area contributed by atoms with E-state index in [0.29, 0.717) is 23.9 Å². The fourth-order valence-corrected chi connectivity index (χ4v) is 1.90. The summed E-state index contributed by atoms with van der Waals surface area (Å²) in [5, 5.41) is 0. The zero-order valence-electron chi connectivity index (χ0n) is 12.3.